The minimum absolute atomic E-state index is 0. The number of carboxylic acid groups (broad SMARTS) is 1. The molecule has 0 radical (unpaired) electrons. The zero-order chi connectivity index (χ0) is 35.1. The second-order valence-electron chi connectivity index (χ2n) is 10.7. The van der Waals surface area contributed by atoms with Crippen LogP contribution < -0.4 is 37.8 Å². The molecule has 2 aliphatic heterocycles. The summed E-state index contributed by atoms with van der Waals surface area (Å²) in [5, 5.41) is 26.1. The first-order valence-electron chi connectivity index (χ1n) is 14.9. The number of carbonyl (C=O) groups is 2. The van der Waals surface area contributed by atoms with Crippen LogP contribution in [-0.2, 0) is 18.0 Å². The van der Waals surface area contributed by atoms with Gasteiger partial charge >= 0.3 is 30.8 Å². The second-order valence-corrected chi connectivity index (χ2v) is 14.0. The number of carboxylic acids is 1. The molecule has 0 amide bonds. The smallest absolute Gasteiger partial charge is 0.870 e. The van der Waals surface area contributed by atoms with Crippen molar-refractivity contribution in [3.8, 4) is 56.9 Å². The van der Waals surface area contributed by atoms with Crippen molar-refractivity contribution in [2.75, 3.05) is 20.8 Å². The third-order valence-corrected chi connectivity index (χ3v) is 10.5. The molecule has 264 valence electrons. The summed E-state index contributed by atoms with van der Waals surface area (Å²) in [4.78, 5) is 24.0. The van der Waals surface area contributed by atoms with Gasteiger partial charge in [-0.25, -0.2) is 19.0 Å². The summed E-state index contributed by atoms with van der Waals surface area (Å²) >= 11 is 10.1. The monoisotopic (exact) mass is 864 g/mol. The minimum Gasteiger partial charge on any atom is -0.870 e. The Hall–Kier alpha value is -4.08. The molecule has 6 heterocycles. The average molecular weight is 866 g/mol. The largest absolute Gasteiger partial charge is 1.00 e. The summed E-state index contributed by atoms with van der Waals surface area (Å²) < 4.78 is 32.5. The van der Waals surface area contributed by atoms with E-state index in [1.807, 2.05) is 51.9 Å². The molecule has 2 aromatic carbocycles. The van der Waals surface area contributed by atoms with Crippen molar-refractivity contribution in [1.82, 2.24) is 19.6 Å². The number of aromatic nitrogens is 4. The molecular formula is C34H27Br2LiN4O9S2. The molecule has 13 nitrogen and oxygen atoms in total. The Labute approximate surface area is 333 Å². The Bertz CT molecular complexity index is 2260. The number of thiophene rings is 2. The summed E-state index contributed by atoms with van der Waals surface area (Å²) in [6.45, 7) is 2.46. The van der Waals surface area contributed by atoms with Crippen molar-refractivity contribution >= 4 is 66.5 Å². The van der Waals surface area contributed by atoms with Crippen molar-refractivity contribution in [3.63, 3.8) is 0 Å². The van der Waals surface area contributed by atoms with E-state index in [1.54, 1.807) is 47.9 Å². The Kier molecular flexibility index (Phi) is 12.3. The van der Waals surface area contributed by atoms with Crippen LogP contribution >= 0.6 is 54.5 Å². The molecule has 0 spiro atoms. The molecule has 8 rings (SSSR count). The van der Waals surface area contributed by atoms with Gasteiger partial charge in [-0.2, -0.15) is 32.9 Å². The van der Waals surface area contributed by atoms with E-state index in [9.17, 15) is 14.7 Å². The number of halogens is 2. The van der Waals surface area contributed by atoms with E-state index in [2.05, 4.69) is 42.1 Å². The van der Waals surface area contributed by atoms with E-state index in [0.717, 1.165) is 48.4 Å². The predicted octanol–water partition coefficient (Wildman–Crippen LogP) is 5.23. The first-order valence-corrected chi connectivity index (χ1v) is 18.4. The quantitative estimate of drug-likeness (QED) is 0.165. The molecule has 4 aromatic heterocycles. The number of nitrogens with zero attached hydrogens (tertiary/aromatic N) is 4. The molecule has 0 unspecified atom stereocenters. The molecular weight excluding hydrogens is 839 g/mol. The average Bonchev–Trinajstić information content (AvgIpc) is 3.93. The zero-order valence-corrected chi connectivity index (χ0v) is 32.8. The van der Waals surface area contributed by atoms with Gasteiger partial charge in [0.2, 0.25) is 0 Å². The maximum Gasteiger partial charge on any atom is 1.00 e. The number of carbonyl (C=O) groups excluding carboxylic acids is 1. The molecule has 6 aromatic rings. The van der Waals surface area contributed by atoms with E-state index in [1.165, 1.54) is 11.3 Å². The summed E-state index contributed by atoms with van der Waals surface area (Å²) in [6.07, 6.45) is 0. The van der Waals surface area contributed by atoms with Crippen LogP contribution in [-0.4, -0.2) is 62.9 Å². The fraction of sp³-hybridized carbons (Fsp3) is 0.176. The van der Waals surface area contributed by atoms with Crippen molar-refractivity contribution in [2.45, 2.75) is 20.1 Å². The van der Waals surface area contributed by atoms with Crippen molar-refractivity contribution in [1.29, 1.82) is 0 Å². The van der Waals surface area contributed by atoms with Crippen LogP contribution in [0.4, 0.5) is 0 Å². The Morgan fingerprint density at radius 1 is 0.827 bits per heavy atom. The van der Waals surface area contributed by atoms with Crippen molar-refractivity contribution in [2.24, 2.45) is 0 Å². The summed E-state index contributed by atoms with van der Waals surface area (Å²) in [7, 11) is 3.19. The number of fused-ring (bicyclic) bond motifs is 6. The number of hydrogen-bond acceptors (Lipinski definition) is 12. The van der Waals surface area contributed by atoms with Gasteiger partial charge in [0, 0.05) is 34.0 Å². The van der Waals surface area contributed by atoms with E-state index < -0.39 is 11.9 Å². The molecule has 0 fully saturated rings. The number of benzene rings is 2. The van der Waals surface area contributed by atoms with Gasteiger partial charge in [-0.05, 0) is 73.8 Å². The van der Waals surface area contributed by atoms with E-state index in [-0.39, 0.29) is 48.9 Å². The topological polar surface area (TPSA) is 166 Å². The van der Waals surface area contributed by atoms with Gasteiger partial charge in [-0.15, -0.1) is 0 Å². The van der Waals surface area contributed by atoms with E-state index in [0.29, 0.717) is 35.2 Å². The number of rotatable bonds is 7. The van der Waals surface area contributed by atoms with Gasteiger partial charge in [0.05, 0.1) is 63.7 Å². The van der Waals surface area contributed by atoms with Gasteiger partial charge in [0.15, 0.2) is 11.4 Å². The van der Waals surface area contributed by atoms with Crippen LogP contribution in [0, 0.1) is 0 Å². The molecule has 0 atom stereocenters. The van der Waals surface area contributed by atoms with Gasteiger partial charge in [0.1, 0.15) is 36.2 Å². The zero-order valence-electron chi connectivity index (χ0n) is 28.0. The van der Waals surface area contributed by atoms with Gasteiger partial charge in [-0.3, -0.25) is 0 Å². The fourth-order valence-electron chi connectivity index (χ4n) is 5.68. The molecule has 0 saturated heterocycles. The minimum atomic E-state index is -1.07. The van der Waals surface area contributed by atoms with Crippen LogP contribution in [0.3, 0.4) is 0 Å². The van der Waals surface area contributed by atoms with Gasteiger partial charge in [-0.1, -0.05) is 0 Å². The maximum atomic E-state index is 12.4. The third-order valence-electron chi connectivity index (χ3n) is 7.90. The summed E-state index contributed by atoms with van der Waals surface area (Å²) in [5.41, 5.74) is 6.47. The fourth-order valence-corrected chi connectivity index (χ4v) is 7.92. The maximum absolute atomic E-state index is 12.4. The van der Waals surface area contributed by atoms with Crippen LogP contribution in [0.5, 0.6) is 23.0 Å². The van der Waals surface area contributed by atoms with Crippen molar-refractivity contribution < 1.29 is 62.7 Å². The first-order chi connectivity index (χ1) is 24.2. The Morgan fingerprint density at radius 3 is 1.69 bits per heavy atom. The molecule has 0 saturated carbocycles. The first kappa shape index (κ1) is 39.1. The van der Waals surface area contributed by atoms with Crippen LogP contribution in [0.25, 0.3) is 33.9 Å². The number of hydrogen-bond donors (Lipinski definition) is 1. The number of ether oxygens (including phenoxy) is 5. The predicted molar refractivity (Wildman–Crippen MR) is 196 cm³/mol. The Balaban J connectivity index is 0.000000194. The third kappa shape index (κ3) is 7.02. The van der Waals surface area contributed by atoms with Gasteiger partial charge in [0.25, 0.3) is 0 Å². The van der Waals surface area contributed by atoms with E-state index >= 15 is 0 Å². The SMILES string of the molecule is CCOC(=O)c1nn(-c2ccsc2)c2c1COc1cc(OC)c(Br)cc1-2.COc1cc2c(cc1Br)-c1c(c(C(=O)O)nn1-c1ccsc1)CO2.[Li+].[OH-]. The van der Waals surface area contributed by atoms with Crippen LogP contribution in [0.15, 0.2) is 66.9 Å². The molecule has 2 aliphatic rings. The number of aromatic carboxylic acids is 1. The summed E-state index contributed by atoms with van der Waals surface area (Å²) in [5.74, 6) is 1.13. The molecule has 18 heteroatoms. The van der Waals surface area contributed by atoms with Crippen LogP contribution in [0.1, 0.15) is 39.0 Å². The van der Waals surface area contributed by atoms with E-state index in [4.69, 9.17) is 23.7 Å². The second kappa shape index (κ2) is 16.3. The molecule has 0 bridgehead atoms. The van der Waals surface area contributed by atoms with Crippen molar-refractivity contribution in [3.05, 3.63) is 89.4 Å². The Morgan fingerprint density at radius 2 is 1.29 bits per heavy atom. The molecule has 2 N–H and O–H groups in total. The van der Waals surface area contributed by atoms with Gasteiger partial charge < -0.3 is 34.3 Å². The normalized spacial score (nSPS) is 11.7. The number of esters is 1. The molecule has 0 aliphatic carbocycles. The van der Waals surface area contributed by atoms with Crippen LogP contribution in [0.2, 0.25) is 0 Å². The standard InChI is InChI=1S/C18H15BrN2O4S.C16H11BrN2O4S.Li.H2O/c1-3-24-18(22)16-12-8-25-14-7-15(23-2)13(19)6-11(14)17(12)21(20-16)10-4-5-26-9-10;1-22-13-5-12-9(4-11(13)17)15-10(6-23-12)14(16(20)21)18-19(15)8-2-3-24-7-8;;/h4-7,9H,3,8H2,1-2H3;2-5,7H,6H2,1H3,(H,20,21);;1H2/q;;+1;/p-1. The number of methoxy groups -OCH3 is 2. The summed E-state index contributed by atoms with van der Waals surface area (Å²) in [6, 6.07) is 11.3. The molecule has 52 heavy (non-hydrogen) atoms.